The van der Waals surface area contributed by atoms with Crippen LogP contribution in [0.1, 0.15) is 13.3 Å². The highest BCUT2D eigenvalue weighted by atomic mass is 16.6. The second kappa shape index (κ2) is 2.96. The van der Waals surface area contributed by atoms with E-state index in [4.69, 9.17) is 0 Å². The highest BCUT2D eigenvalue weighted by Crippen LogP contribution is 2.06. The van der Waals surface area contributed by atoms with Crippen LogP contribution in [0.15, 0.2) is 0 Å². The van der Waals surface area contributed by atoms with Crippen molar-refractivity contribution in [3.63, 3.8) is 0 Å². The van der Waals surface area contributed by atoms with E-state index in [2.05, 4.69) is 4.90 Å². The van der Waals surface area contributed by atoms with E-state index in [9.17, 15) is 10.1 Å². The van der Waals surface area contributed by atoms with Crippen molar-refractivity contribution in [2.75, 3.05) is 19.6 Å². The van der Waals surface area contributed by atoms with Gasteiger partial charge in [0, 0.05) is 11.8 Å². The van der Waals surface area contributed by atoms with Gasteiger partial charge in [0.05, 0.1) is 6.54 Å². The van der Waals surface area contributed by atoms with Crippen molar-refractivity contribution in [1.82, 2.24) is 4.90 Å². The third kappa shape index (κ3) is 1.67. The monoisotopic (exact) mass is 144 g/mol. The molecule has 1 atom stereocenters. The molecule has 1 rings (SSSR count). The maximum Gasteiger partial charge on any atom is 0.222 e. The molecular formula is C6H12N2O2. The van der Waals surface area contributed by atoms with Crippen molar-refractivity contribution in [2.45, 2.75) is 19.4 Å². The summed E-state index contributed by atoms with van der Waals surface area (Å²) in [5, 5.41) is 10.2. The van der Waals surface area contributed by atoms with E-state index in [0.29, 0.717) is 6.54 Å². The Balaban J connectivity index is 2.16. The molecule has 1 aliphatic heterocycles. The summed E-state index contributed by atoms with van der Waals surface area (Å²) in [7, 11) is 0. The van der Waals surface area contributed by atoms with Crippen LogP contribution in [0, 0.1) is 10.1 Å². The van der Waals surface area contributed by atoms with E-state index < -0.39 is 6.04 Å². The maximum atomic E-state index is 10.2. The number of hydrogen-bond donors (Lipinski definition) is 0. The van der Waals surface area contributed by atoms with Crippen LogP contribution in [0.3, 0.4) is 0 Å². The Hall–Kier alpha value is -0.640. The first-order valence-electron chi connectivity index (χ1n) is 3.56. The van der Waals surface area contributed by atoms with Gasteiger partial charge in [-0.2, -0.15) is 0 Å². The third-order valence-corrected chi connectivity index (χ3v) is 1.83. The molecule has 1 unspecified atom stereocenters. The van der Waals surface area contributed by atoms with Gasteiger partial charge < -0.3 is 0 Å². The summed E-state index contributed by atoms with van der Waals surface area (Å²) in [4.78, 5) is 12.0. The van der Waals surface area contributed by atoms with Crippen molar-refractivity contribution in [1.29, 1.82) is 0 Å². The normalized spacial score (nSPS) is 21.7. The largest absolute Gasteiger partial charge is 0.297 e. The Morgan fingerprint density at radius 3 is 2.60 bits per heavy atom. The van der Waals surface area contributed by atoms with Crippen molar-refractivity contribution >= 4 is 0 Å². The predicted octanol–water partition coefficient (Wildman–Crippen LogP) is 0.357. The summed E-state index contributed by atoms with van der Waals surface area (Å²) < 4.78 is 0. The van der Waals surface area contributed by atoms with Gasteiger partial charge in [0.2, 0.25) is 6.04 Å². The van der Waals surface area contributed by atoms with Gasteiger partial charge in [0.1, 0.15) is 0 Å². The molecule has 0 N–H and O–H groups in total. The topological polar surface area (TPSA) is 46.4 Å². The van der Waals surface area contributed by atoms with Crippen LogP contribution in [-0.2, 0) is 0 Å². The summed E-state index contributed by atoms with van der Waals surface area (Å²) >= 11 is 0. The van der Waals surface area contributed by atoms with Crippen LogP contribution in [0.2, 0.25) is 0 Å². The molecule has 0 aromatic rings. The Labute approximate surface area is 60.0 Å². The zero-order valence-corrected chi connectivity index (χ0v) is 6.12. The molecule has 0 aromatic carbocycles. The minimum absolute atomic E-state index is 0.224. The van der Waals surface area contributed by atoms with Gasteiger partial charge in [-0.15, -0.1) is 0 Å². The van der Waals surface area contributed by atoms with Gasteiger partial charge >= 0.3 is 0 Å². The van der Waals surface area contributed by atoms with Crippen molar-refractivity contribution in [2.24, 2.45) is 0 Å². The fourth-order valence-electron chi connectivity index (χ4n) is 1.00. The van der Waals surface area contributed by atoms with Gasteiger partial charge in [-0.25, -0.2) is 0 Å². The molecule has 0 amide bonds. The Kier molecular flexibility index (Phi) is 2.21. The van der Waals surface area contributed by atoms with E-state index >= 15 is 0 Å². The predicted molar refractivity (Wildman–Crippen MR) is 37.5 cm³/mol. The summed E-state index contributed by atoms with van der Waals surface area (Å²) in [5.74, 6) is 0. The molecule has 1 heterocycles. The van der Waals surface area contributed by atoms with Gasteiger partial charge in [-0.3, -0.25) is 15.0 Å². The maximum absolute atomic E-state index is 10.2. The van der Waals surface area contributed by atoms with Gasteiger partial charge in [-0.05, 0) is 19.5 Å². The summed E-state index contributed by atoms with van der Waals surface area (Å²) in [6, 6.07) is -0.403. The first-order chi connectivity index (χ1) is 4.70. The minimum atomic E-state index is -0.403. The van der Waals surface area contributed by atoms with Crippen LogP contribution < -0.4 is 0 Å². The fraction of sp³-hybridized carbons (Fsp3) is 1.00. The molecular weight excluding hydrogens is 132 g/mol. The van der Waals surface area contributed by atoms with Gasteiger partial charge in [0.15, 0.2) is 0 Å². The lowest BCUT2D eigenvalue weighted by Gasteiger charge is -2.30. The number of rotatable bonds is 3. The molecule has 10 heavy (non-hydrogen) atoms. The van der Waals surface area contributed by atoms with E-state index in [-0.39, 0.29) is 4.92 Å². The first kappa shape index (κ1) is 7.47. The SMILES string of the molecule is CC(CN1CCC1)[N+](=O)[O-]. The highest BCUT2D eigenvalue weighted by Gasteiger charge is 2.21. The van der Waals surface area contributed by atoms with Crippen molar-refractivity contribution in [3.8, 4) is 0 Å². The number of hydrogen-bond acceptors (Lipinski definition) is 3. The molecule has 1 saturated heterocycles. The summed E-state index contributed by atoms with van der Waals surface area (Å²) in [5.41, 5.74) is 0. The molecule has 58 valence electrons. The average molecular weight is 144 g/mol. The molecule has 1 fully saturated rings. The smallest absolute Gasteiger partial charge is 0.222 e. The molecule has 0 aromatic heterocycles. The van der Waals surface area contributed by atoms with Crippen molar-refractivity contribution in [3.05, 3.63) is 10.1 Å². The van der Waals surface area contributed by atoms with Crippen molar-refractivity contribution < 1.29 is 4.92 Å². The molecule has 0 radical (unpaired) electrons. The Morgan fingerprint density at radius 2 is 2.30 bits per heavy atom. The average Bonchev–Trinajstić information content (AvgIpc) is 1.77. The first-order valence-corrected chi connectivity index (χ1v) is 3.56. The molecule has 0 spiro atoms. The second-order valence-corrected chi connectivity index (χ2v) is 2.79. The molecule has 4 heteroatoms. The lowest BCUT2D eigenvalue weighted by atomic mass is 10.2. The van der Waals surface area contributed by atoms with Crippen LogP contribution >= 0.6 is 0 Å². The summed E-state index contributed by atoms with van der Waals surface area (Å²) in [6.07, 6.45) is 1.20. The molecule has 0 bridgehead atoms. The van der Waals surface area contributed by atoms with Gasteiger partial charge in [0.25, 0.3) is 0 Å². The summed E-state index contributed by atoms with van der Waals surface area (Å²) in [6.45, 7) is 4.35. The molecule has 0 aliphatic carbocycles. The lowest BCUT2D eigenvalue weighted by Crippen LogP contribution is -2.43. The van der Waals surface area contributed by atoms with E-state index in [0.717, 1.165) is 13.1 Å². The fourth-order valence-corrected chi connectivity index (χ4v) is 1.00. The van der Waals surface area contributed by atoms with Gasteiger partial charge in [-0.1, -0.05) is 0 Å². The van der Waals surface area contributed by atoms with E-state index in [1.807, 2.05) is 0 Å². The van der Waals surface area contributed by atoms with E-state index in [1.165, 1.54) is 6.42 Å². The Bertz CT molecular complexity index is 134. The Morgan fingerprint density at radius 1 is 1.70 bits per heavy atom. The minimum Gasteiger partial charge on any atom is -0.297 e. The molecule has 4 nitrogen and oxygen atoms in total. The number of nitro groups is 1. The second-order valence-electron chi connectivity index (χ2n) is 2.79. The van der Waals surface area contributed by atoms with Crippen LogP contribution in [0.4, 0.5) is 0 Å². The number of likely N-dealkylation sites (tertiary alicyclic amines) is 1. The van der Waals surface area contributed by atoms with Crippen LogP contribution in [0.25, 0.3) is 0 Å². The highest BCUT2D eigenvalue weighted by molar-refractivity contribution is 4.70. The quantitative estimate of drug-likeness (QED) is 0.424. The van der Waals surface area contributed by atoms with Crippen LogP contribution in [0.5, 0.6) is 0 Å². The van der Waals surface area contributed by atoms with Crippen LogP contribution in [-0.4, -0.2) is 35.5 Å². The third-order valence-electron chi connectivity index (χ3n) is 1.83. The van der Waals surface area contributed by atoms with E-state index in [1.54, 1.807) is 6.92 Å². The lowest BCUT2D eigenvalue weighted by molar-refractivity contribution is -0.519. The molecule has 1 aliphatic rings. The standard InChI is InChI=1S/C6H12N2O2/c1-6(8(9)10)5-7-3-2-4-7/h6H,2-5H2,1H3. The number of nitrogens with zero attached hydrogens (tertiary/aromatic N) is 2. The molecule has 0 saturated carbocycles. The zero-order valence-electron chi connectivity index (χ0n) is 6.12. The zero-order chi connectivity index (χ0) is 7.56.